The normalized spacial score (nSPS) is 49.2. The van der Waals surface area contributed by atoms with Crippen molar-refractivity contribution < 1.29 is 20.4 Å². The summed E-state index contributed by atoms with van der Waals surface area (Å²) >= 11 is 0. The molecule has 12 heavy (non-hydrogen) atoms. The van der Waals surface area contributed by atoms with Gasteiger partial charge in [0.25, 0.3) is 0 Å². The molecule has 0 saturated heterocycles. The lowest BCUT2D eigenvalue weighted by atomic mass is 9.80. The van der Waals surface area contributed by atoms with Crippen molar-refractivity contribution in [2.45, 2.75) is 30.8 Å². The fourth-order valence-electron chi connectivity index (χ4n) is 1.55. The number of hydrogen-bond donors (Lipinski definition) is 5. The summed E-state index contributed by atoms with van der Waals surface area (Å²) in [7, 11) is 0. The number of aliphatic hydroxyl groups excluding tert-OH is 4. The Bertz CT molecular complexity index is 150. The smallest absolute Gasteiger partial charge is 0.108 e. The predicted octanol–water partition coefficient (Wildman–Crippen LogP) is -2.59. The van der Waals surface area contributed by atoms with Crippen LogP contribution in [0.5, 0.6) is 0 Å². The van der Waals surface area contributed by atoms with Crippen LogP contribution in [-0.2, 0) is 0 Å². The molecule has 0 bridgehead atoms. The zero-order valence-corrected chi connectivity index (χ0v) is 6.67. The van der Waals surface area contributed by atoms with Gasteiger partial charge in [0, 0.05) is 18.6 Å². The van der Waals surface area contributed by atoms with Crippen LogP contribution in [0.15, 0.2) is 0 Å². The van der Waals surface area contributed by atoms with Gasteiger partial charge in [0.1, 0.15) is 6.10 Å². The van der Waals surface area contributed by atoms with Gasteiger partial charge in [0.2, 0.25) is 0 Å². The van der Waals surface area contributed by atoms with Crippen molar-refractivity contribution in [2.24, 2.45) is 11.7 Å². The summed E-state index contributed by atoms with van der Waals surface area (Å²) in [6, 6.07) is -0.569. The molecule has 0 heterocycles. The van der Waals surface area contributed by atoms with E-state index in [2.05, 4.69) is 0 Å². The van der Waals surface area contributed by atoms with Crippen molar-refractivity contribution >= 4 is 0 Å². The summed E-state index contributed by atoms with van der Waals surface area (Å²) in [4.78, 5) is 0. The monoisotopic (exact) mass is 177 g/mol. The van der Waals surface area contributed by atoms with E-state index in [9.17, 15) is 15.3 Å². The molecule has 1 fully saturated rings. The van der Waals surface area contributed by atoms with E-state index in [0.717, 1.165) is 0 Å². The van der Waals surface area contributed by atoms with Gasteiger partial charge in [-0.25, -0.2) is 0 Å². The molecule has 1 aliphatic carbocycles. The van der Waals surface area contributed by atoms with E-state index in [0.29, 0.717) is 6.42 Å². The van der Waals surface area contributed by atoms with Gasteiger partial charge < -0.3 is 26.2 Å². The number of rotatable bonds is 1. The highest BCUT2D eigenvalue weighted by atomic mass is 16.4. The highest BCUT2D eigenvalue weighted by Gasteiger charge is 2.40. The van der Waals surface area contributed by atoms with Gasteiger partial charge in [0.15, 0.2) is 0 Å². The molecular formula is C7H15NO4. The first-order valence-corrected chi connectivity index (χ1v) is 3.98. The fourth-order valence-corrected chi connectivity index (χ4v) is 1.55. The van der Waals surface area contributed by atoms with E-state index < -0.39 is 30.3 Å². The van der Waals surface area contributed by atoms with Gasteiger partial charge in [-0.2, -0.15) is 0 Å². The number of aliphatic hydroxyl groups is 4. The Balaban J connectivity index is 2.63. The van der Waals surface area contributed by atoms with E-state index >= 15 is 0 Å². The average molecular weight is 177 g/mol. The molecule has 5 heteroatoms. The lowest BCUT2D eigenvalue weighted by Crippen LogP contribution is -2.57. The van der Waals surface area contributed by atoms with E-state index in [1.165, 1.54) is 0 Å². The second-order valence-corrected chi connectivity index (χ2v) is 3.31. The maximum absolute atomic E-state index is 9.30. The molecule has 0 aromatic heterocycles. The van der Waals surface area contributed by atoms with Crippen molar-refractivity contribution in [1.29, 1.82) is 0 Å². The Labute approximate surface area is 70.4 Å². The molecule has 1 saturated carbocycles. The first-order valence-electron chi connectivity index (χ1n) is 3.98. The largest absolute Gasteiger partial charge is 0.396 e. The topological polar surface area (TPSA) is 107 Å². The van der Waals surface area contributed by atoms with Crippen LogP contribution in [0, 0.1) is 5.92 Å². The third-order valence-electron chi connectivity index (χ3n) is 2.43. The molecular weight excluding hydrogens is 162 g/mol. The van der Waals surface area contributed by atoms with Gasteiger partial charge in [-0.3, -0.25) is 0 Å². The zero-order valence-electron chi connectivity index (χ0n) is 6.67. The average Bonchev–Trinajstić information content (AvgIpc) is 2.08. The minimum absolute atomic E-state index is 0.224. The lowest BCUT2D eigenvalue weighted by molar-refractivity contribution is -0.125. The molecule has 72 valence electrons. The summed E-state index contributed by atoms with van der Waals surface area (Å²) in [6.45, 7) is -0.224. The first kappa shape index (κ1) is 9.88. The fraction of sp³-hybridized carbons (Fsp3) is 1.00. The molecule has 0 aliphatic heterocycles. The van der Waals surface area contributed by atoms with E-state index in [-0.39, 0.29) is 6.61 Å². The third kappa shape index (κ3) is 1.60. The zero-order chi connectivity index (χ0) is 9.30. The molecule has 0 aromatic rings. The summed E-state index contributed by atoms with van der Waals surface area (Å²) in [5, 5.41) is 36.5. The highest BCUT2D eigenvalue weighted by Crippen LogP contribution is 2.24. The second-order valence-electron chi connectivity index (χ2n) is 3.31. The Morgan fingerprint density at radius 1 is 1.08 bits per heavy atom. The standard InChI is InChI=1S/C7H15NO4/c8-4-1-3(2-9)5(10)7(12)6(4)11/h3-7,9-12H,1-2,8H2/t3-,4+,5-,6+,7-/m0/s1. The number of nitrogens with two attached hydrogens (primary N) is 1. The Morgan fingerprint density at radius 3 is 2.17 bits per heavy atom. The van der Waals surface area contributed by atoms with Crippen LogP contribution in [-0.4, -0.2) is 51.4 Å². The second kappa shape index (κ2) is 3.68. The van der Waals surface area contributed by atoms with Crippen molar-refractivity contribution in [3.8, 4) is 0 Å². The van der Waals surface area contributed by atoms with E-state index in [1.54, 1.807) is 0 Å². The van der Waals surface area contributed by atoms with Crippen molar-refractivity contribution in [1.82, 2.24) is 0 Å². The van der Waals surface area contributed by atoms with Crippen molar-refractivity contribution in [3.05, 3.63) is 0 Å². The minimum Gasteiger partial charge on any atom is -0.396 e. The Kier molecular flexibility index (Phi) is 3.03. The summed E-state index contributed by atoms with van der Waals surface area (Å²) < 4.78 is 0. The van der Waals surface area contributed by atoms with Gasteiger partial charge in [0.05, 0.1) is 12.2 Å². The summed E-state index contributed by atoms with van der Waals surface area (Å²) in [6.07, 6.45) is -3.09. The predicted molar refractivity (Wildman–Crippen MR) is 41.2 cm³/mol. The molecule has 0 spiro atoms. The van der Waals surface area contributed by atoms with Crippen LogP contribution in [0.2, 0.25) is 0 Å². The molecule has 5 atom stereocenters. The maximum atomic E-state index is 9.30. The van der Waals surface area contributed by atoms with E-state index in [4.69, 9.17) is 10.8 Å². The van der Waals surface area contributed by atoms with Gasteiger partial charge in [-0.05, 0) is 6.42 Å². The summed E-state index contributed by atoms with van der Waals surface area (Å²) in [5.41, 5.74) is 5.46. The minimum atomic E-state index is -1.24. The third-order valence-corrected chi connectivity index (χ3v) is 2.43. The molecule has 0 aromatic carbocycles. The maximum Gasteiger partial charge on any atom is 0.108 e. The Morgan fingerprint density at radius 2 is 1.67 bits per heavy atom. The molecule has 0 unspecified atom stereocenters. The van der Waals surface area contributed by atoms with Gasteiger partial charge in [-0.15, -0.1) is 0 Å². The lowest BCUT2D eigenvalue weighted by Gasteiger charge is -2.38. The van der Waals surface area contributed by atoms with Gasteiger partial charge in [-0.1, -0.05) is 0 Å². The molecule has 1 rings (SSSR count). The van der Waals surface area contributed by atoms with Gasteiger partial charge >= 0.3 is 0 Å². The van der Waals surface area contributed by atoms with E-state index in [1.807, 2.05) is 0 Å². The van der Waals surface area contributed by atoms with Crippen molar-refractivity contribution in [3.63, 3.8) is 0 Å². The molecule has 1 aliphatic rings. The highest BCUT2D eigenvalue weighted by molar-refractivity contribution is 4.94. The summed E-state index contributed by atoms with van der Waals surface area (Å²) in [5.74, 6) is -0.432. The van der Waals surface area contributed by atoms with Crippen LogP contribution in [0.25, 0.3) is 0 Å². The van der Waals surface area contributed by atoms with Crippen molar-refractivity contribution in [2.75, 3.05) is 6.61 Å². The van der Waals surface area contributed by atoms with Crippen LogP contribution in [0.4, 0.5) is 0 Å². The Hall–Kier alpha value is -0.200. The SMILES string of the molecule is N[C@@H]1C[C@@H](CO)[C@H](O)[C@H](O)[C@@H]1O. The number of hydrogen-bond acceptors (Lipinski definition) is 5. The molecule has 0 radical (unpaired) electrons. The first-order chi connectivity index (χ1) is 5.57. The van der Waals surface area contributed by atoms with Crippen LogP contribution >= 0.6 is 0 Å². The quantitative estimate of drug-likeness (QED) is 0.302. The molecule has 6 N–H and O–H groups in total. The van der Waals surface area contributed by atoms with Crippen LogP contribution < -0.4 is 5.73 Å². The van der Waals surface area contributed by atoms with Crippen LogP contribution in [0.1, 0.15) is 6.42 Å². The molecule has 0 amide bonds. The van der Waals surface area contributed by atoms with Crippen LogP contribution in [0.3, 0.4) is 0 Å². The molecule has 5 nitrogen and oxygen atoms in total.